The average molecular weight is 295 g/mol. The van der Waals surface area contributed by atoms with Gasteiger partial charge in [0.25, 0.3) is 0 Å². The van der Waals surface area contributed by atoms with E-state index in [4.69, 9.17) is 5.73 Å². The van der Waals surface area contributed by atoms with Crippen LogP contribution in [0.3, 0.4) is 0 Å². The predicted octanol–water partition coefficient (Wildman–Crippen LogP) is 4.05. The van der Waals surface area contributed by atoms with Gasteiger partial charge >= 0.3 is 0 Å². The van der Waals surface area contributed by atoms with Crippen LogP contribution in [0.15, 0.2) is 4.99 Å². The van der Waals surface area contributed by atoms with E-state index in [2.05, 4.69) is 17.6 Å². The van der Waals surface area contributed by atoms with Crippen LogP contribution in [0.25, 0.3) is 0 Å². The maximum absolute atomic E-state index is 5.66. The molecule has 0 saturated heterocycles. The van der Waals surface area contributed by atoms with Crippen molar-refractivity contribution in [1.29, 1.82) is 0 Å². The van der Waals surface area contributed by atoms with E-state index in [1.165, 1.54) is 25.7 Å². The number of unbranched alkanes of at least 4 members (excludes halogenated alkanes) is 2. The van der Waals surface area contributed by atoms with Crippen LogP contribution in [-0.2, 0) is 0 Å². The van der Waals surface area contributed by atoms with E-state index in [-0.39, 0.29) is 0 Å². The fourth-order valence-corrected chi connectivity index (χ4v) is 5.76. The number of hydrogen-bond acceptors (Lipinski definition) is 2. The highest BCUT2D eigenvalue weighted by molar-refractivity contribution is 7.81. The smallest absolute Gasteiger partial charge is 0.103 e. The molecule has 4 aliphatic rings. The van der Waals surface area contributed by atoms with Crippen molar-refractivity contribution in [2.24, 2.45) is 33.9 Å². The van der Waals surface area contributed by atoms with Crippen LogP contribution in [0.5, 0.6) is 0 Å². The van der Waals surface area contributed by atoms with Gasteiger partial charge in [-0.1, -0.05) is 12.8 Å². The van der Waals surface area contributed by atoms with Gasteiger partial charge in [-0.2, -0.15) is 12.6 Å². The Hall–Kier alpha value is -0.180. The van der Waals surface area contributed by atoms with Crippen LogP contribution in [0.2, 0.25) is 0 Å². The summed E-state index contributed by atoms with van der Waals surface area (Å²) in [6, 6.07) is 0. The Kier molecular flexibility index (Phi) is 4.64. The second-order valence-corrected chi connectivity index (χ2v) is 8.08. The molecule has 4 bridgehead atoms. The van der Waals surface area contributed by atoms with Crippen LogP contribution < -0.4 is 5.73 Å². The number of rotatable bonds is 7. The van der Waals surface area contributed by atoms with Crippen molar-refractivity contribution in [3.63, 3.8) is 0 Å². The molecule has 4 saturated carbocycles. The van der Waals surface area contributed by atoms with Crippen molar-refractivity contribution in [3.8, 4) is 0 Å². The fraction of sp³-hybridized carbons (Fsp3) is 0.941. The Bertz CT molecular complexity index is 329. The molecule has 20 heavy (non-hydrogen) atoms. The average Bonchev–Trinajstić information content (AvgIpc) is 2.40. The van der Waals surface area contributed by atoms with Gasteiger partial charge in [-0.3, -0.25) is 4.99 Å². The lowest BCUT2D eigenvalue weighted by atomic mass is 9.48. The van der Waals surface area contributed by atoms with Gasteiger partial charge in [0.2, 0.25) is 0 Å². The molecule has 0 spiro atoms. The maximum atomic E-state index is 5.66. The Morgan fingerprint density at radius 1 is 1.00 bits per heavy atom. The first-order chi connectivity index (χ1) is 9.69. The molecule has 2 N–H and O–H groups in total. The molecule has 0 unspecified atom stereocenters. The van der Waals surface area contributed by atoms with Crippen LogP contribution in [-0.4, -0.2) is 18.1 Å². The normalized spacial score (nSPS) is 39.5. The SMILES string of the molecule is NC(CS)=NCCCCCC12CC3CC(CC(C3)C1)C2. The van der Waals surface area contributed by atoms with Gasteiger partial charge < -0.3 is 5.73 Å². The van der Waals surface area contributed by atoms with E-state index in [1.807, 2.05) is 0 Å². The van der Waals surface area contributed by atoms with E-state index >= 15 is 0 Å². The zero-order valence-corrected chi connectivity index (χ0v) is 13.6. The Morgan fingerprint density at radius 2 is 1.60 bits per heavy atom. The summed E-state index contributed by atoms with van der Waals surface area (Å²) in [5.41, 5.74) is 6.43. The van der Waals surface area contributed by atoms with Crippen molar-refractivity contribution >= 4 is 18.5 Å². The lowest BCUT2D eigenvalue weighted by molar-refractivity contribution is -0.0583. The van der Waals surface area contributed by atoms with Gasteiger partial charge in [-0.25, -0.2) is 0 Å². The summed E-state index contributed by atoms with van der Waals surface area (Å²) in [7, 11) is 0. The highest BCUT2D eigenvalue weighted by Gasteiger charge is 2.50. The van der Waals surface area contributed by atoms with Crippen molar-refractivity contribution in [1.82, 2.24) is 0 Å². The van der Waals surface area contributed by atoms with E-state index in [1.54, 1.807) is 38.5 Å². The number of amidine groups is 1. The van der Waals surface area contributed by atoms with E-state index in [0.717, 1.165) is 29.7 Å². The van der Waals surface area contributed by atoms with Gasteiger partial charge in [0, 0.05) is 12.3 Å². The second kappa shape index (κ2) is 6.29. The summed E-state index contributed by atoms with van der Waals surface area (Å²) in [6.07, 6.45) is 14.8. The highest BCUT2D eigenvalue weighted by atomic mass is 32.1. The van der Waals surface area contributed by atoms with Crippen molar-refractivity contribution in [2.75, 3.05) is 12.3 Å². The van der Waals surface area contributed by atoms with Crippen LogP contribution in [0.4, 0.5) is 0 Å². The molecule has 0 aromatic carbocycles. The zero-order valence-electron chi connectivity index (χ0n) is 12.7. The number of hydrogen-bond donors (Lipinski definition) is 2. The van der Waals surface area contributed by atoms with Gasteiger partial charge in [0.1, 0.15) is 5.84 Å². The first-order valence-corrected chi connectivity index (χ1v) is 9.22. The van der Waals surface area contributed by atoms with Crippen LogP contribution >= 0.6 is 12.6 Å². The van der Waals surface area contributed by atoms with Gasteiger partial charge in [-0.15, -0.1) is 0 Å². The van der Waals surface area contributed by atoms with Crippen LogP contribution in [0.1, 0.15) is 64.2 Å². The molecule has 0 aromatic heterocycles. The molecular weight excluding hydrogens is 264 g/mol. The molecule has 0 aliphatic heterocycles. The number of aliphatic imine (C=N–C) groups is 1. The molecule has 4 rings (SSSR count). The number of nitrogens with zero attached hydrogens (tertiary/aromatic N) is 1. The van der Waals surface area contributed by atoms with Crippen LogP contribution in [0, 0.1) is 23.2 Å². The Morgan fingerprint density at radius 3 is 2.15 bits per heavy atom. The van der Waals surface area contributed by atoms with E-state index < -0.39 is 0 Å². The number of thiol groups is 1. The summed E-state index contributed by atoms with van der Waals surface area (Å²) in [4.78, 5) is 4.32. The summed E-state index contributed by atoms with van der Waals surface area (Å²) in [6.45, 7) is 0.896. The summed E-state index contributed by atoms with van der Waals surface area (Å²) >= 11 is 4.12. The minimum atomic E-state index is 0.591. The molecule has 0 heterocycles. The molecule has 0 atom stereocenters. The highest BCUT2D eigenvalue weighted by Crippen LogP contribution is 2.61. The Labute approximate surface area is 129 Å². The fourth-order valence-electron chi connectivity index (χ4n) is 5.66. The molecule has 0 amide bonds. The predicted molar refractivity (Wildman–Crippen MR) is 89.4 cm³/mol. The minimum Gasteiger partial charge on any atom is -0.387 e. The molecule has 114 valence electrons. The monoisotopic (exact) mass is 294 g/mol. The van der Waals surface area contributed by atoms with Gasteiger partial charge in [0.05, 0.1) is 0 Å². The van der Waals surface area contributed by atoms with Gasteiger partial charge in [-0.05, 0) is 74.5 Å². The largest absolute Gasteiger partial charge is 0.387 e. The lowest BCUT2D eigenvalue weighted by Gasteiger charge is -2.57. The van der Waals surface area contributed by atoms with Crippen molar-refractivity contribution in [2.45, 2.75) is 64.2 Å². The van der Waals surface area contributed by atoms with Crippen molar-refractivity contribution < 1.29 is 0 Å². The summed E-state index contributed by atoms with van der Waals surface area (Å²) in [5, 5.41) is 0. The standard InChI is InChI=1S/C17H30N2S/c18-16(12-20)19-5-3-1-2-4-17-9-13-6-14(10-17)8-15(7-13)11-17/h13-15,20H,1-12H2,(H2,18,19). The van der Waals surface area contributed by atoms with E-state index in [9.17, 15) is 0 Å². The second-order valence-electron chi connectivity index (χ2n) is 7.76. The molecule has 4 fully saturated rings. The Balaban J connectivity index is 1.38. The zero-order chi connectivity index (χ0) is 14.0. The molecular formula is C17H30N2S. The molecule has 2 nitrogen and oxygen atoms in total. The first-order valence-electron chi connectivity index (χ1n) is 8.59. The minimum absolute atomic E-state index is 0.591. The third-order valence-corrected chi connectivity index (χ3v) is 6.33. The summed E-state index contributed by atoms with van der Waals surface area (Å²) in [5.74, 6) is 4.57. The quantitative estimate of drug-likeness (QED) is 0.316. The summed E-state index contributed by atoms with van der Waals surface area (Å²) < 4.78 is 0. The molecule has 4 aliphatic carbocycles. The van der Waals surface area contributed by atoms with Gasteiger partial charge in [0.15, 0.2) is 0 Å². The van der Waals surface area contributed by atoms with Crippen molar-refractivity contribution in [3.05, 3.63) is 0 Å². The van der Waals surface area contributed by atoms with E-state index in [0.29, 0.717) is 11.6 Å². The lowest BCUT2D eigenvalue weighted by Crippen LogP contribution is -2.45. The maximum Gasteiger partial charge on any atom is 0.103 e. The first kappa shape index (κ1) is 14.7. The third kappa shape index (κ3) is 3.35. The number of nitrogens with two attached hydrogens (primary N) is 1. The third-order valence-electron chi connectivity index (χ3n) is 6.01. The molecule has 0 radical (unpaired) electrons. The molecule has 0 aromatic rings. The molecule has 3 heteroatoms. The topological polar surface area (TPSA) is 38.4 Å².